The van der Waals surface area contributed by atoms with Crippen LogP contribution in [0.4, 0.5) is 4.39 Å². The van der Waals surface area contributed by atoms with Crippen molar-refractivity contribution in [1.29, 1.82) is 0 Å². The SMILES string of the molecule is COC(=O)c1nc(-c2ccc(-c3nn(-c4ccc(F)cc4)cc3Sc3ccc(Cl)cc3)cc2)no1. The van der Waals surface area contributed by atoms with Gasteiger partial charge in [0.1, 0.15) is 11.5 Å². The molecule has 2 heterocycles. The molecule has 5 rings (SSSR count). The van der Waals surface area contributed by atoms with Gasteiger partial charge >= 0.3 is 11.9 Å². The number of nitrogens with zero attached hydrogens (tertiary/aromatic N) is 4. The number of methoxy groups -OCH3 is 1. The van der Waals surface area contributed by atoms with Crippen LogP contribution < -0.4 is 0 Å². The molecule has 0 fully saturated rings. The van der Waals surface area contributed by atoms with E-state index in [4.69, 9.17) is 21.2 Å². The van der Waals surface area contributed by atoms with Crippen molar-refractivity contribution in [3.8, 4) is 28.3 Å². The maximum absolute atomic E-state index is 13.4. The van der Waals surface area contributed by atoms with Crippen molar-refractivity contribution in [2.75, 3.05) is 7.11 Å². The van der Waals surface area contributed by atoms with E-state index < -0.39 is 5.97 Å². The van der Waals surface area contributed by atoms with E-state index in [0.29, 0.717) is 10.6 Å². The first kappa shape index (κ1) is 22.8. The molecule has 0 spiro atoms. The second kappa shape index (κ2) is 9.73. The minimum atomic E-state index is -0.699. The third-order valence-electron chi connectivity index (χ3n) is 5.02. The normalized spacial score (nSPS) is 10.9. The van der Waals surface area contributed by atoms with E-state index in [2.05, 4.69) is 14.9 Å². The Kier molecular flexibility index (Phi) is 6.35. The Morgan fingerprint density at radius 3 is 2.37 bits per heavy atom. The van der Waals surface area contributed by atoms with Crippen LogP contribution in [0, 0.1) is 5.82 Å². The predicted octanol–water partition coefficient (Wildman–Crippen LogP) is 6.32. The summed E-state index contributed by atoms with van der Waals surface area (Å²) in [6, 6.07) is 21.0. The third kappa shape index (κ3) is 4.96. The van der Waals surface area contributed by atoms with Crippen LogP contribution in [0.5, 0.6) is 0 Å². The van der Waals surface area contributed by atoms with Crippen LogP contribution in [0.2, 0.25) is 5.02 Å². The fraction of sp³-hybridized carbons (Fsp3) is 0.0400. The lowest BCUT2D eigenvalue weighted by atomic mass is 10.1. The quantitative estimate of drug-likeness (QED) is 0.249. The molecule has 0 unspecified atom stereocenters. The van der Waals surface area contributed by atoms with E-state index in [9.17, 15) is 9.18 Å². The molecular weight excluding hydrogens is 491 g/mol. The van der Waals surface area contributed by atoms with E-state index in [0.717, 1.165) is 26.7 Å². The third-order valence-corrected chi connectivity index (χ3v) is 6.29. The first-order chi connectivity index (χ1) is 17.0. The lowest BCUT2D eigenvalue weighted by Crippen LogP contribution is -2.00. The Morgan fingerprint density at radius 2 is 1.69 bits per heavy atom. The predicted molar refractivity (Wildman–Crippen MR) is 129 cm³/mol. The van der Waals surface area contributed by atoms with Gasteiger partial charge in [-0.3, -0.25) is 0 Å². The molecule has 0 saturated carbocycles. The highest BCUT2D eigenvalue weighted by Crippen LogP contribution is 2.37. The Balaban J connectivity index is 1.50. The molecule has 7 nitrogen and oxygen atoms in total. The summed E-state index contributed by atoms with van der Waals surface area (Å²) in [4.78, 5) is 17.5. The molecule has 174 valence electrons. The summed E-state index contributed by atoms with van der Waals surface area (Å²) in [7, 11) is 1.24. The van der Waals surface area contributed by atoms with Gasteiger partial charge in [0.25, 0.3) is 0 Å². The molecule has 0 aliphatic heterocycles. The van der Waals surface area contributed by atoms with E-state index in [-0.39, 0.29) is 17.5 Å². The highest BCUT2D eigenvalue weighted by Gasteiger charge is 2.18. The second-order valence-corrected chi connectivity index (χ2v) is 8.86. The number of hydrogen-bond donors (Lipinski definition) is 0. The molecule has 0 aliphatic carbocycles. The molecule has 2 aromatic heterocycles. The van der Waals surface area contributed by atoms with Crippen LogP contribution >= 0.6 is 23.4 Å². The van der Waals surface area contributed by atoms with Gasteiger partial charge < -0.3 is 9.26 Å². The molecule has 0 atom stereocenters. The number of rotatable bonds is 6. The number of hydrogen-bond acceptors (Lipinski definition) is 7. The molecule has 0 aliphatic rings. The fourth-order valence-corrected chi connectivity index (χ4v) is 4.34. The maximum Gasteiger partial charge on any atom is 0.397 e. The average molecular weight is 507 g/mol. The Hall–Kier alpha value is -3.95. The first-order valence-corrected chi connectivity index (χ1v) is 11.5. The van der Waals surface area contributed by atoms with Gasteiger partial charge in [-0.2, -0.15) is 10.1 Å². The van der Waals surface area contributed by atoms with Crippen molar-refractivity contribution in [3.05, 3.63) is 95.7 Å². The van der Waals surface area contributed by atoms with Crippen molar-refractivity contribution < 1.29 is 18.4 Å². The number of halogens is 2. The summed E-state index contributed by atoms with van der Waals surface area (Å²) < 4.78 is 24.7. The van der Waals surface area contributed by atoms with Crippen LogP contribution in [-0.4, -0.2) is 33.0 Å². The number of aromatic nitrogens is 4. The number of carbonyl (C=O) groups is 1. The van der Waals surface area contributed by atoms with E-state index in [1.807, 2.05) is 54.7 Å². The van der Waals surface area contributed by atoms with Gasteiger partial charge in [0.05, 0.1) is 17.7 Å². The maximum atomic E-state index is 13.4. The van der Waals surface area contributed by atoms with Crippen LogP contribution in [0.25, 0.3) is 28.3 Å². The summed E-state index contributed by atoms with van der Waals surface area (Å²) >= 11 is 7.57. The standard InChI is InChI=1S/C25H16ClFN4O3S/c1-33-25(32)24-28-23(30-34-24)16-4-2-15(3-5-16)22-21(35-20-12-6-17(26)7-13-20)14-31(29-22)19-10-8-18(27)9-11-19/h2-14H,1H3. The summed E-state index contributed by atoms with van der Waals surface area (Å²) in [5, 5.41) is 9.26. The molecule has 0 amide bonds. The molecular formula is C25H16ClFN4O3S. The molecule has 0 saturated heterocycles. The van der Waals surface area contributed by atoms with E-state index in [1.165, 1.54) is 31.0 Å². The highest BCUT2D eigenvalue weighted by molar-refractivity contribution is 7.99. The van der Waals surface area contributed by atoms with Crippen LogP contribution in [0.3, 0.4) is 0 Å². The van der Waals surface area contributed by atoms with E-state index in [1.54, 1.807) is 16.8 Å². The first-order valence-electron chi connectivity index (χ1n) is 10.3. The number of esters is 1. The smallest absolute Gasteiger partial charge is 0.397 e. The minimum Gasteiger partial charge on any atom is -0.462 e. The van der Waals surface area contributed by atoms with Gasteiger partial charge in [-0.05, 0) is 48.5 Å². The zero-order valence-corrected chi connectivity index (χ0v) is 19.8. The molecule has 0 N–H and O–H groups in total. The van der Waals surface area contributed by atoms with E-state index >= 15 is 0 Å². The van der Waals surface area contributed by atoms with Gasteiger partial charge in [-0.1, -0.05) is 52.8 Å². The largest absolute Gasteiger partial charge is 0.462 e. The molecule has 0 radical (unpaired) electrons. The lowest BCUT2D eigenvalue weighted by Gasteiger charge is -2.04. The fourth-order valence-electron chi connectivity index (χ4n) is 3.28. The van der Waals surface area contributed by atoms with Crippen LogP contribution in [0.15, 0.2) is 93.3 Å². The lowest BCUT2D eigenvalue weighted by molar-refractivity contribution is 0.0545. The van der Waals surface area contributed by atoms with Crippen molar-refractivity contribution in [2.24, 2.45) is 0 Å². The van der Waals surface area contributed by atoms with Crippen molar-refractivity contribution in [1.82, 2.24) is 19.9 Å². The van der Waals surface area contributed by atoms with Crippen molar-refractivity contribution in [3.63, 3.8) is 0 Å². The number of ether oxygens (including phenoxy) is 1. The minimum absolute atomic E-state index is 0.216. The number of benzene rings is 3. The Bertz CT molecular complexity index is 1480. The Morgan fingerprint density at radius 1 is 1.00 bits per heavy atom. The molecule has 10 heteroatoms. The zero-order chi connectivity index (χ0) is 24.4. The average Bonchev–Trinajstić information content (AvgIpc) is 3.54. The van der Waals surface area contributed by atoms with Gasteiger partial charge in [0, 0.05) is 27.2 Å². The van der Waals surface area contributed by atoms with Crippen molar-refractivity contribution >= 4 is 29.3 Å². The molecule has 35 heavy (non-hydrogen) atoms. The zero-order valence-electron chi connectivity index (χ0n) is 18.2. The molecule has 0 bridgehead atoms. The van der Waals surface area contributed by atoms with Crippen LogP contribution in [0.1, 0.15) is 10.7 Å². The summed E-state index contributed by atoms with van der Waals surface area (Å²) in [6.45, 7) is 0. The number of carbonyl (C=O) groups excluding carboxylic acids is 1. The van der Waals surface area contributed by atoms with Gasteiger partial charge in [-0.15, -0.1) is 0 Å². The van der Waals surface area contributed by atoms with Crippen LogP contribution in [-0.2, 0) is 4.74 Å². The van der Waals surface area contributed by atoms with Gasteiger partial charge in [0.2, 0.25) is 5.82 Å². The van der Waals surface area contributed by atoms with Gasteiger partial charge in [-0.25, -0.2) is 13.9 Å². The summed E-state index contributed by atoms with van der Waals surface area (Å²) in [6.07, 6.45) is 1.90. The molecule has 3 aromatic carbocycles. The monoisotopic (exact) mass is 506 g/mol. The topological polar surface area (TPSA) is 83.0 Å². The van der Waals surface area contributed by atoms with Gasteiger partial charge in [0.15, 0.2) is 0 Å². The summed E-state index contributed by atoms with van der Waals surface area (Å²) in [5.41, 5.74) is 2.99. The molecule has 5 aromatic rings. The summed E-state index contributed by atoms with van der Waals surface area (Å²) in [5.74, 6) is -0.962. The van der Waals surface area contributed by atoms with Crippen molar-refractivity contribution in [2.45, 2.75) is 9.79 Å². The highest BCUT2D eigenvalue weighted by atomic mass is 35.5. The second-order valence-electron chi connectivity index (χ2n) is 7.31. The Labute approximate surface area is 208 Å².